The van der Waals surface area contributed by atoms with Gasteiger partial charge < -0.3 is 14.5 Å². The smallest absolute Gasteiger partial charge is 0.313 e. The van der Waals surface area contributed by atoms with Crippen molar-refractivity contribution in [2.75, 3.05) is 36.0 Å². The Hall–Kier alpha value is -2.00. The van der Waals surface area contributed by atoms with E-state index in [-0.39, 0.29) is 22.8 Å². The Bertz CT molecular complexity index is 810. The Morgan fingerprint density at radius 1 is 1.15 bits per heavy atom. The highest BCUT2D eigenvalue weighted by Crippen LogP contribution is 2.36. The lowest BCUT2D eigenvalue weighted by molar-refractivity contribution is -0.384. The van der Waals surface area contributed by atoms with Crippen LogP contribution in [0.5, 0.6) is 0 Å². The summed E-state index contributed by atoms with van der Waals surface area (Å²) in [5.74, 6) is 0.461. The van der Waals surface area contributed by atoms with E-state index < -0.39 is 0 Å². The van der Waals surface area contributed by atoms with Crippen molar-refractivity contribution >= 4 is 38.3 Å². The van der Waals surface area contributed by atoms with Crippen molar-refractivity contribution in [1.29, 1.82) is 0 Å². The summed E-state index contributed by atoms with van der Waals surface area (Å²) in [6.07, 6.45) is 3.53. The minimum Gasteiger partial charge on any atom is -0.372 e. The SMILES string of the molecule is C[C@@H]1CN(c2nc3nc(N4CCCCC4)c([N+](=O)[O-])cc3s2)C[C@H](C)O1. The van der Waals surface area contributed by atoms with E-state index in [2.05, 4.69) is 14.9 Å². The summed E-state index contributed by atoms with van der Waals surface area (Å²) in [7, 11) is 0. The van der Waals surface area contributed by atoms with Gasteiger partial charge in [-0.2, -0.15) is 4.98 Å². The van der Waals surface area contributed by atoms with Crippen LogP contribution in [0.25, 0.3) is 10.3 Å². The van der Waals surface area contributed by atoms with Gasteiger partial charge in [0.25, 0.3) is 0 Å². The number of hydrogen-bond acceptors (Lipinski definition) is 8. The first kappa shape index (κ1) is 17.4. The molecular formula is C17H23N5O3S. The molecule has 0 bridgehead atoms. The third-order valence-corrected chi connectivity index (χ3v) is 5.93. The summed E-state index contributed by atoms with van der Waals surface area (Å²) in [5.41, 5.74) is 0.682. The second kappa shape index (κ2) is 6.96. The number of ether oxygens (including phenoxy) is 1. The molecule has 26 heavy (non-hydrogen) atoms. The van der Waals surface area contributed by atoms with E-state index in [9.17, 15) is 10.1 Å². The van der Waals surface area contributed by atoms with Gasteiger partial charge in [0, 0.05) is 32.2 Å². The van der Waals surface area contributed by atoms with Crippen LogP contribution in [-0.4, -0.2) is 53.3 Å². The van der Waals surface area contributed by atoms with Crippen molar-refractivity contribution in [1.82, 2.24) is 9.97 Å². The zero-order valence-electron chi connectivity index (χ0n) is 15.1. The molecule has 8 nitrogen and oxygen atoms in total. The van der Waals surface area contributed by atoms with Crippen LogP contribution < -0.4 is 9.80 Å². The maximum absolute atomic E-state index is 11.6. The molecule has 0 amide bonds. The number of nitro groups is 1. The van der Waals surface area contributed by atoms with Gasteiger partial charge in [0.15, 0.2) is 10.8 Å². The lowest BCUT2D eigenvalue weighted by atomic mass is 10.1. The summed E-state index contributed by atoms with van der Waals surface area (Å²) >= 11 is 1.47. The first-order valence-electron chi connectivity index (χ1n) is 9.12. The molecule has 2 atom stereocenters. The number of aromatic nitrogens is 2. The van der Waals surface area contributed by atoms with Crippen molar-refractivity contribution < 1.29 is 9.66 Å². The number of morpholine rings is 1. The molecule has 0 saturated carbocycles. The normalized spacial score (nSPS) is 24.2. The Kier molecular flexibility index (Phi) is 4.66. The molecule has 0 N–H and O–H groups in total. The maximum atomic E-state index is 11.6. The lowest BCUT2D eigenvalue weighted by Crippen LogP contribution is -2.45. The highest BCUT2D eigenvalue weighted by molar-refractivity contribution is 7.22. The fourth-order valence-corrected chi connectivity index (χ4v) is 4.74. The summed E-state index contributed by atoms with van der Waals surface area (Å²) in [6.45, 7) is 7.27. The van der Waals surface area contributed by atoms with Crippen molar-refractivity contribution in [2.24, 2.45) is 0 Å². The van der Waals surface area contributed by atoms with Crippen molar-refractivity contribution in [2.45, 2.75) is 45.3 Å². The molecule has 0 spiro atoms. The number of thiazole rings is 1. The second-order valence-corrected chi connectivity index (χ2v) is 8.13. The molecule has 9 heteroatoms. The average Bonchev–Trinajstić information content (AvgIpc) is 3.03. The maximum Gasteiger partial charge on any atom is 0.313 e. The topological polar surface area (TPSA) is 84.6 Å². The molecule has 2 aliphatic rings. The van der Waals surface area contributed by atoms with Crippen LogP contribution in [0.4, 0.5) is 16.6 Å². The van der Waals surface area contributed by atoms with Crippen LogP contribution >= 0.6 is 11.3 Å². The molecule has 0 radical (unpaired) electrons. The summed E-state index contributed by atoms with van der Waals surface area (Å²) in [6, 6.07) is 1.64. The number of piperidine rings is 1. The minimum absolute atomic E-state index is 0.0818. The number of rotatable bonds is 3. The van der Waals surface area contributed by atoms with Crippen LogP contribution in [0.1, 0.15) is 33.1 Å². The van der Waals surface area contributed by atoms with Gasteiger partial charge in [-0.3, -0.25) is 10.1 Å². The van der Waals surface area contributed by atoms with E-state index in [1.165, 1.54) is 17.8 Å². The number of pyridine rings is 1. The third kappa shape index (κ3) is 3.33. The van der Waals surface area contributed by atoms with Gasteiger partial charge >= 0.3 is 5.69 Å². The number of anilines is 2. The molecule has 4 heterocycles. The van der Waals surface area contributed by atoms with Gasteiger partial charge in [0.05, 0.1) is 21.8 Å². The zero-order valence-corrected chi connectivity index (χ0v) is 15.9. The summed E-state index contributed by atoms with van der Waals surface area (Å²) in [5, 5.41) is 12.5. The predicted molar refractivity (Wildman–Crippen MR) is 102 cm³/mol. The molecule has 0 unspecified atom stereocenters. The Morgan fingerprint density at radius 3 is 2.50 bits per heavy atom. The quantitative estimate of drug-likeness (QED) is 0.600. The molecule has 2 aromatic rings. The van der Waals surface area contributed by atoms with Crippen LogP contribution in [0.2, 0.25) is 0 Å². The van der Waals surface area contributed by atoms with Gasteiger partial charge in [-0.25, -0.2) is 4.98 Å². The van der Waals surface area contributed by atoms with Gasteiger partial charge in [-0.1, -0.05) is 11.3 Å². The Morgan fingerprint density at radius 2 is 1.85 bits per heavy atom. The van der Waals surface area contributed by atoms with Crippen LogP contribution in [-0.2, 0) is 4.74 Å². The van der Waals surface area contributed by atoms with Gasteiger partial charge in [-0.15, -0.1) is 0 Å². The lowest BCUT2D eigenvalue weighted by Gasteiger charge is -2.35. The average molecular weight is 377 g/mol. The third-order valence-electron chi connectivity index (χ3n) is 4.87. The number of nitrogens with zero attached hydrogens (tertiary/aromatic N) is 5. The summed E-state index contributed by atoms with van der Waals surface area (Å²) < 4.78 is 6.55. The molecule has 4 rings (SSSR count). The first-order chi connectivity index (χ1) is 12.5. The van der Waals surface area contributed by atoms with E-state index in [0.29, 0.717) is 11.5 Å². The van der Waals surface area contributed by atoms with Gasteiger partial charge in [-0.05, 0) is 33.1 Å². The zero-order chi connectivity index (χ0) is 18.3. The second-order valence-electron chi connectivity index (χ2n) is 7.12. The van der Waals surface area contributed by atoms with Crippen molar-refractivity contribution in [3.63, 3.8) is 0 Å². The molecule has 0 aliphatic carbocycles. The molecule has 2 saturated heterocycles. The number of fused-ring (bicyclic) bond motifs is 1. The highest BCUT2D eigenvalue weighted by atomic mass is 32.1. The number of hydrogen-bond donors (Lipinski definition) is 0. The van der Waals surface area contributed by atoms with Crippen LogP contribution in [0.15, 0.2) is 6.07 Å². The van der Waals surface area contributed by atoms with Crippen molar-refractivity contribution in [3.8, 4) is 0 Å². The molecule has 0 aromatic carbocycles. The molecule has 2 aromatic heterocycles. The highest BCUT2D eigenvalue weighted by Gasteiger charge is 2.28. The van der Waals surface area contributed by atoms with Crippen LogP contribution in [0.3, 0.4) is 0 Å². The van der Waals surface area contributed by atoms with Crippen LogP contribution in [0, 0.1) is 10.1 Å². The van der Waals surface area contributed by atoms with E-state index in [0.717, 1.165) is 48.9 Å². The van der Waals surface area contributed by atoms with Gasteiger partial charge in [0.1, 0.15) is 0 Å². The molecular weight excluding hydrogens is 354 g/mol. The molecule has 140 valence electrons. The van der Waals surface area contributed by atoms with E-state index >= 15 is 0 Å². The van der Waals surface area contributed by atoms with Crippen molar-refractivity contribution in [3.05, 3.63) is 16.2 Å². The van der Waals surface area contributed by atoms with Gasteiger partial charge in [0.2, 0.25) is 5.82 Å². The minimum atomic E-state index is -0.325. The standard InChI is InChI=1S/C17H23N5O3S/c1-11-9-21(10-12(2)25-11)17-19-15-14(26-17)8-13(22(23)24)16(18-15)20-6-4-3-5-7-20/h8,11-12H,3-7,9-10H2,1-2H3/t11-,12+. The van der Waals surface area contributed by atoms with E-state index in [4.69, 9.17) is 4.74 Å². The summed E-state index contributed by atoms with van der Waals surface area (Å²) in [4.78, 5) is 24.8. The largest absolute Gasteiger partial charge is 0.372 e. The monoisotopic (exact) mass is 377 g/mol. The predicted octanol–water partition coefficient (Wildman–Crippen LogP) is 3.20. The molecule has 2 aliphatic heterocycles. The van der Waals surface area contributed by atoms with E-state index in [1.807, 2.05) is 18.7 Å². The fourth-order valence-electron chi connectivity index (χ4n) is 3.78. The Labute approximate surface area is 155 Å². The molecule has 2 fully saturated rings. The fraction of sp³-hybridized carbons (Fsp3) is 0.647. The Balaban J connectivity index is 1.72. The first-order valence-corrected chi connectivity index (χ1v) is 9.94. The van der Waals surface area contributed by atoms with E-state index in [1.54, 1.807) is 6.07 Å².